The highest BCUT2D eigenvalue weighted by molar-refractivity contribution is 6.03. The Morgan fingerprint density at radius 2 is 1.53 bits per heavy atom. The van der Waals surface area contributed by atoms with Crippen LogP contribution in [0.15, 0.2) is 46.9 Å². The molecule has 0 bridgehead atoms. The van der Waals surface area contributed by atoms with Gasteiger partial charge in [-0.1, -0.05) is 12.1 Å². The van der Waals surface area contributed by atoms with Crippen LogP contribution < -0.4 is 0 Å². The van der Waals surface area contributed by atoms with Gasteiger partial charge in [0.05, 0.1) is 18.2 Å². The van der Waals surface area contributed by atoms with E-state index in [1.54, 1.807) is 0 Å². The Morgan fingerprint density at radius 3 is 2.13 bits per heavy atom. The van der Waals surface area contributed by atoms with Crippen LogP contribution in [0, 0.1) is 5.82 Å². The van der Waals surface area contributed by atoms with Gasteiger partial charge in [0.1, 0.15) is 0 Å². The van der Waals surface area contributed by atoms with E-state index in [1.807, 2.05) is 0 Å². The molecule has 30 heavy (non-hydrogen) atoms. The van der Waals surface area contributed by atoms with Crippen molar-refractivity contribution in [2.45, 2.75) is 19.0 Å². The van der Waals surface area contributed by atoms with Crippen LogP contribution in [0.5, 0.6) is 0 Å². The number of Topliss-reactive ketones (excluding diaryl/α,β-unsaturated/α-hetero) is 2. The lowest BCUT2D eigenvalue weighted by molar-refractivity contribution is -0.136. The lowest BCUT2D eigenvalue weighted by atomic mass is 10.0. The van der Waals surface area contributed by atoms with Crippen molar-refractivity contribution in [1.82, 2.24) is 0 Å². The van der Waals surface area contributed by atoms with E-state index in [9.17, 15) is 31.9 Å². The molecule has 1 heterocycles. The normalized spacial score (nSPS) is 11.5. The number of fused-ring (bicyclic) bond motifs is 1. The first-order chi connectivity index (χ1) is 14.1. The Morgan fingerprint density at radius 1 is 0.933 bits per heavy atom. The van der Waals surface area contributed by atoms with Gasteiger partial charge in [0.25, 0.3) is 0 Å². The molecule has 3 aromatic rings. The molecule has 0 spiro atoms. The molecule has 0 aliphatic carbocycles. The standard InChI is InChI=1S/C21H14F4O5/c1-29-20(28)12-4-2-11(3-5-12)16(26)8-9-17(27)18-10-13-14(21(23,24)25)6-7-15(22)19(13)30-18/h2-7,10H,8-9H2,1H3. The Balaban J connectivity index is 1.75. The maximum atomic E-state index is 13.8. The molecule has 0 aliphatic rings. The van der Waals surface area contributed by atoms with Crippen molar-refractivity contribution in [1.29, 1.82) is 0 Å². The quantitative estimate of drug-likeness (QED) is 0.309. The molecule has 0 saturated heterocycles. The van der Waals surface area contributed by atoms with Crippen LogP contribution in [0.25, 0.3) is 11.0 Å². The summed E-state index contributed by atoms with van der Waals surface area (Å²) in [6.45, 7) is 0. The number of carbonyl (C=O) groups excluding carboxylic acids is 3. The van der Waals surface area contributed by atoms with Crippen molar-refractivity contribution in [2.24, 2.45) is 0 Å². The van der Waals surface area contributed by atoms with E-state index in [1.165, 1.54) is 31.4 Å². The second-order valence-electron chi connectivity index (χ2n) is 6.36. The zero-order valence-electron chi connectivity index (χ0n) is 15.5. The Labute approximate surface area is 167 Å². The number of methoxy groups -OCH3 is 1. The first-order valence-electron chi connectivity index (χ1n) is 8.66. The van der Waals surface area contributed by atoms with E-state index in [-0.39, 0.29) is 24.0 Å². The van der Waals surface area contributed by atoms with Gasteiger partial charge in [-0.3, -0.25) is 9.59 Å². The number of carbonyl (C=O) groups is 3. The Kier molecular flexibility index (Phi) is 5.73. The fourth-order valence-electron chi connectivity index (χ4n) is 2.88. The number of ether oxygens (including phenoxy) is 1. The van der Waals surface area contributed by atoms with Crippen molar-refractivity contribution in [3.05, 3.63) is 70.7 Å². The third kappa shape index (κ3) is 4.24. The predicted molar refractivity (Wildman–Crippen MR) is 96.9 cm³/mol. The van der Waals surface area contributed by atoms with Crippen LogP contribution in [0.2, 0.25) is 0 Å². The van der Waals surface area contributed by atoms with Crippen LogP contribution in [0.3, 0.4) is 0 Å². The first-order valence-corrected chi connectivity index (χ1v) is 8.66. The minimum absolute atomic E-state index is 0.241. The lowest BCUT2D eigenvalue weighted by Gasteiger charge is -2.06. The second kappa shape index (κ2) is 8.10. The molecule has 2 aromatic carbocycles. The minimum Gasteiger partial charge on any atom is -0.465 e. The number of hydrogen-bond donors (Lipinski definition) is 0. The summed E-state index contributed by atoms with van der Waals surface area (Å²) >= 11 is 0. The van der Waals surface area contributed by atoms with E-state index in [4.69, 9.17) is 4.42 Å². The van der Waals surface area contributed by atoms with Crippen LogP contribution in [0.1, 0.15) is 49.7 Å². The van der Waals surface area contributed by atoms with Crippen LogP contribution in [-0.4, -0.2) is 24.6 Å². The average Bonchev–Trinajstić information content (AvgIpc) is 3.16. The molecule has 0 amide bonds. The van der Waals surface area contributed by atoms with Gasteiger partial charge in [-0.25, -0.2) is 9.18 Å². The maximum absolute atomic E-state index is 13.8. The molecule has 0 fully saturated rings. The third-order valence-electron chi connectivity index (χ3n) is 4.42. The Bertz CT molecular complexity index is 1130. The first kappa shape index (κ1) is 21.2. The number of furan rings is 1. The SMILES string of the molecule is COC(=O)c1ccc(C(=O)CCC(=O)c2cc3c(C(F)(F)F)ccc(F)c3o2)cc1. The highest BCUT2D eigenvalue weighted by Gasteiger charge is 2.34. The summed E-state index contributed by atoms with van der Waals surface area (Å²) in [7, 11) is 1.22. The van der Waals surface area contributed by atoms with E-state index in [0.29, 0.717) is 12.1 Å². The summed E-state index contributed by atoms with van der Waals surface area (Å²) in [6, 6.07) is 7.59. The van der Waals surface area contributed by atoms with Crippen molar-refractivity contribution in [3.63, 3.8) is 0 Å². The average molecular weight is 422 g/mol. The minimum atomic E-state index is -4.75. The summed E-state index contributed by atoms with van der Waals surface area (Å²) in [5.74, 6) is -3.22. The van der Waals surface area contributed by atoms with Gasteiger partial charge in [-0.15, -0.1) is 0 Å². The van der Waals surface area contributed by atoms with Gasteiger partial charge in [0.2, 0.25) is 0 Å². The zero-order chi connectivity index (χ0) is 22.1. The molecule has 1 aromatic heterocycles. The number of esters is 1. The summed E-state index contributed by atoms with van der Waals surface area (Å²) < 4.78 is 62.6. The number of ketones is 2. The molecule has 0 N–H and O–H groups in total. The number of rotatable bonds is 6. The third-order valence-corrected chi connectivity index (χ3v) is 4.42. The molecule has 0 unspecified atom stereocenters. The van der Waals surface area contributed by atoms with Gasteiger partial charge >= 0.3 is 12.1 Å². The second-order valence-corrected chi connectivity index (χ2v) is 6.36. The molecule has 0 radical (unpaired) electrons. The molecule has 9 heteroatoms. The highest BCUT2D eigenvalue weighted by atomic mass is 19.4. The fraction of sp³-hybridized carbons (Fsp3) is 0.190. The van der Waals surface area contributed by atoms with E-state index in [2.05, 4.69) is 4.74 Å². The van der Waals surface area contributed by atoms with Crippen LogP contribution in [-0.2, 0) is 10.9 Å². The fourth-order valence-corrected chi connectivity index (χ4v) is 2.88. The summed E-state index contributed by atoms with van der Waals surface area (Å²) in [6.07, 6.45) is -5.34. The topological polar surface area (TPSA) is 73.6 Å². The van der Waals surface area contributed by atoms with Gasteiger partial charge in [0.15, 0.2) is 28.7 Å². The van der Waals surface area contributed by atoms with Crippen molar-refractivity contribution in [2.75, 3.05) is 7.11 Å². The highest BCUT2D eigenvalue weighted by Crippen LogP contribution is 2.37. The van der Waals surface area contributed by atoms with Gasteiger partial charge in [0, 0.05) is 23.8 Å². The molecule has 0 atom stereocenters. The van der Waals surface area contributed by atoms with Crippen molar-refractivity contribution in [3.8, 4) is 0 Å². The summed E-state index contributed by atoms with van der Waals surface area (Å²) in [4.78, 5) is 35.9. The van der Waals surface area contributed by atoms with Gasteiger partial charge in [-0.2, -0.15) is 13.2 Å². The lowest BCUT2D eigenvalue weighted by Crippen LogP contribution is -2.06. The molecular formula is C21H14F4O5. The van der Waals surface area contributed by atoms with Crippen LogP contribution in [0.4, 0.5) is 17.6 Å². The molecule has 3 rings (SSSR count). The van der Waals surface area contributed by atoms with Crippen LogP contribution >= 0.6 is 0 Å². The maximum Gasteiger partial charge on any atom is 0.417 e. The van der Waals surface area contributed by atoms with E-state index < -0.39 is 51.8 Å². The molecular weight excluding hydrogens is 408 g/mol. The van der Waals surface area contributed by atoms with Crippen molar-refractivity contribution >= 4 is 28.5 Å². The summed E-state index contributed by atoms with van der Waals surface area (Å²) in [5, 5.41) is -0.560. The van der Waals surface area contributed by atoms with Gasteiger partial charge in [-0.05, 0) is 30.3 Å². The Hall–Kier alpha value is -3.49. The molecule has 0 saturated carbocycles. The number of alkyl halides is 3. The van der Waals surface area contributed by atoms with Gasteiger partial charge < -0.3 is 9.15 Å². The van der Waals surface area contributed by atoms with E-state index in [0.717, 1.165) is 6.07 Å². The molecule has 0 aliphatic heterocycles. The zero-order valence-corrected chi connectivity index (χ0v) is 15.5. The predicted octanol–water partition coefficient (Wildman–Crippen LogP) is 5.22. The molecule has 156 valence electrons. The van der Waals surface area contributed by atoms with Crippen molar-refractivity contribution < 1.29 is 41.1 Å². The summed E-state index contributed by atoms with van der Waals surface area (Å²) in [5.41, 5.74) is -1.30. The number of halogens is 4. The number of benzene rings is 2. The smallest absolute Gasteiger partial charge is 0.417 e. The van der Waals surface area contributed by atoms with E-state index >= 15 is 0 Å². The monoisotopic (exact) mass is 422 g/mol. The largest absolute Gasteiger partial charge is 0.465 e. The molecule has 5 nitrogen and oxygen atoms in total. The number of hydrogen-bond acceptors (Lipinski definition) is 5.